The summed E-state index contributed by atoms with van der Waals surface area (Å²) in [6.07, 6.45) is -6.25. The lowest BCUT2D eigenvalue weighted by Gasteiger charge is -2.24. The van der Waals surface area contributed by atoms with Gasteiger partial charge in [0.15, 0.2) is 6.04 Å². The van der Waals surface area contributed by atoms with Gasteiger partial charge in [-0.05, 0) is 12.8 Å². The first kappa shape index (κ1) is 34.5. The van der Waals surface area contributed by atoms with Gasteiger partial charge in [0.1, 0.15) is 18.7 Å². The smallest absolute Gasteiger partial charge is 0.480 e. The maximum Gasteiger partial charge on any atom is 0.490 e. The predicted octanol–water partition coefficient (Wildman–Crippen LogP) is -3.51. The van der Waals surface area contributed by atoms with Gasteiger partial charge in [-0.3, -0.25) is 19.2 Å². The molecule has 0 fully saturated rings. The molecule has 18 heteroatoms. The highest BCUT2D eigenvalue weighted by Crippen LogP contribution is 2.16. The molecule has 0 spiro atoms. The maximum absolute atomic E-state index is 12.4. The van der Waals surface area contributed by atoms with E-state index in [9.17, 15) is 52.2 Å². The highest BCUT2D eigenvalue weighted by Gasteiger charge is 2.42. The van der Waals surface area contributed by atoms with Crippen molar-refractivity contribution in [2.24, 2.45) is 11.7 Å². The van der Waals surface area contributed by atoms with Crippen molar-refractivity contribution in [1.29, 1.82) is 0 Å². The number of amides is 4. The van der Waals surface area contributed by atoms with E-state index in [1.54, 1.807) is 19.2 Å². The third-order valence-electron chi connectivity index (χ3n) is 5.11. The van der Waals surface area contributed by atoms with Crippen LogP contribution in [0.15, 0.2) is 0 Å². The van der Waals surface area contributed by atoms with Crippen LogP contribution >= 0.6 is 0 Å². The summed E-state index contributed by atoms with van der Waals surface area (Å²) in [6.45, 7) is 1.35. The molecule has 38 heavy (non-hydrogen) atoms. The van der Waals surface area contributed by atoms with Crippen LogP contribution in [0.4, 0.5) is 13.2 Å². The number of rotatable bonds is 15. The molecule has 6 atom stereocenters. The molecule has 0 radical (unpaired) electrons. The molecule has 0 unspecified atom stereocenters. The quantitative estimate of drug-likeness (QED) is 0.0914. The molecule has 0 heterocycles. The standard InChI is InChI=1S/C20H32F3N5O10/c1-4-8(2)13(24)16(33)28-14(9(3)30)17(34)25-5-12(31)26-10(6-29)15(32)27-11(18(35)36)7-38-19(37)20(21,22)23/h8-11,13-14,29-30H,4-7,24H2,1-3H3,(H,25,34)(H,26,31)(H,27,32)(H,28,33)(H,35,36)/t8-,9-,10-,11-,13-,14-/m0/s1. The zero-order chi connectivity index (χ0) is 29.8. The van der Waals surface area contributed by atoms with Crippen LogP contribution < -0.4 is 27.0 Å². The van der Waals surface area contributed by atoms with E-state index in [-0.39, 0.29) is 5.92 Å². The van der Waals surface area contributed by atoms with Crippen molar-refractivity contribution in [1.82, 2.24) is 21.3 Å². The number of carboxylic acid groups (broad SMARTS) is 1. The monoisotopic (exact) mass is 559 g/mol. The maximum atomic E-state index is 12.4. The number of hydrogen-bond acceptors (Lipinski definition) is 10. The number of carbonyl (C=O) groups is 6. The molecular formula is C20H32F3N5O10. The second kappa shape index (κ2) is 15.7. The van der Waals surface area contributed by atoms with E-state index in [0.29, 0.717) is 6.42 Å². The van der Waals surface area contributed by atoms with Gasteiger partial charge in [0.2, 0.25) is 23.6 Å². The van der Waals surface area contributed by atoms with Gasteiger partial charge < -0.3 is 47.1 Å². The normalized spacial score (nSPS) is 16.0. The second-order valence-electron chi connectivity index (χ2n) is 8.15. The van der Waals surface area contributed by atoms with Crippen LogP contribution in [-0.2, 0) is 33.5 Å². The van der Waals surface area contributed by atoms with Gasteiger partial charge in [-0.2, -0.15) is 13.2 Å². The molecular weight excluding hydrogens is 527 g/mol. The van der Waals surface area contributed by atoms with Gasteiger partial charge in [-0.15, -0.1) is 0 Å². The molecule has 0 aromatic heterocycles. The number of hydrogen-bond donors (Lipinski definition) is 8. The van der Waals surface area contributed by atoms with Crippen LogP contribution in [-0.4, -0.2) is 107 Å². The molecule has 9 N–H and O–H groups in total. The lowest BCUT2D eigenvalue weighted by Crippen LogP contribution is -2.58. The Morgan fingerprint density at radius 3 is 1.97 bits per heavy atom. The fourth-order valence-corrected chi connectivity index (χ4v) is 2.57. The molecule has 0 aromatic carbocycles. The van der Waals surface area contributed by atoms with Crippen LogP contribution in [0.5, 0.6) is 0 Å². The lowest BCUT2D eigenvalue weighted by atomic mass is 9.99. The molecule has 0 aromatic rings. The van der Waals surface area contributed by atoms with Crippen molar-refractivity contribution >= 4 is 35.6 Å². The zero-order valence-corrected chi connectivity index (χ0v) is 20.7. The molecule has 0 aliphatic carbocycles. The Hall–Kier alpha value is -3.51. The highest BCUT2D eigenvalue weighted by atomic mass is 19.4. The molecule has 0 bridgehead atoms. The number of aliphatic hydroxyl groups excluding tert-OH is 2. The Morgan fingerprint density at radius 1 is 0.947 bits per heavy atom. The van der Waals surface area contributed by atoms with E-state index < -0.39 is 91.8 Å². The average molecular weight is 559 g/mol. The third kappa shape index (κ3) is 11.7. The van der Waals surface area contributed by atoms with Crippen LogP contribution in [0.3, 0.4) is 0 Å². The van der Waals surface area contributed by atoms with Crippen molar-refractivity contribution < 1.29 is 62.0 Å². The summed E-state index contributed by atoms with van der Waals surface area (Å²) < 4.78 is 40.4. The SMILES string of the molecule is CC[C@H](C)[C@H](N)C(=O)N[C@H](C(=O)NCC(=O)N[C@@H](CO)C(=O)N[C@@H](COC(=O)C(F)(F)F)C(=O)O)[C@H](C)O. The third-order valence-corrected chi connectivity index (χ3v) is 5.11. The number of carbonyl (C=O) groups excluding carboxylic acids is 5. The van der Waals surface area contributed by atoms with Crippen molar-refractivity contribution in [2.75, 3.05) is 19.8 Å². The molecule has 0 saturated carbocycles. The van der Waals surface area contributed by atoms with Crippen molar-refractivity contribution in [2.45, 2.75) is 63.6 Å². The number of halogens is 3. The highest BCUT2D eigenvalue weighted by molar-refractivity contribution is 5.94. The fourth-order valence-electron chi connectivity index (χ4n) is 2.57. The summed E-state index contributed by atoms with van der Waals surface area (Å²) in [4.78, 5) is 70.8. The first-order valence-electron chi connectivity index (χ1n) is 11.1. The Morgan fingerprint density at radius 2 is 1.53 bits per heavy atom. The van der Waals surface area contributed by atoms with E-state index >= 15 is 0 Å². The number of esters is 1. The minimum absolute atomic E-state index is 0.238. The number of carboxylic acids is 1. The van der Waals surface area contributed by atoms with Crippen molar-refractivity contribution in [3.63, 3.8) is 0 Å². The van der Waals surface area contributed by atoms with Gasteiger partial charge in [0.25, 0.3) is 0 Å². The Balaban J connectivity index is 5.03. The van der Waals surface area contributed by atoms with Crippen LogP contribution in [0.25, 0.3) is 0 Å². The molecule has 4 amide bonds. The van der Waals surface area contributed by atoms with E-state index in [1.165, 1.54) is 6.92 Å². The summed E-state index contributed by atoms with van der Waals surface area (Å²) in [5, 5.41) is 36.2. The average Bonchev–Trinajstić information content (AvgIpc) is 2.83. The summed E-state index contributed by atoms with van der Waals surface area (Å²) >= 11 is 0. The number of nitrogens with two attached hydrogens (primary N) is 1. The van der Waals surface area contributed by atoms with Gasteiger partial charge in [-0.25, -0.2) is 9.59 Å². The molecule has 0 rings (SSSR count). The molecule has 0 saturated heterocycles. The van der Waals surface area contributed by atoms with Gasteiger partial charge in [0, 0.05) is 0 Å². The van der Waals surface area contributed by atoms with Crippen LogP contribution in [0, 0.1) is 5.92 Å². The minimum Gasteiger partial charge on any atom is -0.480 e. The van der Waals surface area contributed by atoms with Crippen molar-refractivity contribution in [3.05, 3.63) is 0 Å². The molecule has 218 valence electrons. The summed E-state index contributed by atoms with van der Waals surface area (Å²) in [7, 11) is 0. The van der Waals surface area contributed by atoms with Crippen LogP contribution in [0.1, 0.15) is 27.2 Å². The summed E-state index contributed by atoms with van der Waals surface area (Å²) in [5.74, 6) is -9.00. The number of alkyl halides is 3. The van der Waals surface area contributed by atoms with E-state index in [1.807, 2.05) is 5.32 Å². The molecule has 0 aliphatic rings. The topological polar surface area (TPSA) is 246 Å². The number of aliphatic hydroxyl groups is 2. The molecule has 0 aliphatic heterocycles. The van der Waals surface area contributed by atoms with Gasteiger partial charge >= 0.3 is 18.1 Å². The van der Waals surface area contributed by atoms with Gasteiger partial charge in [-0.1, -0.05) is 20.3 Å². The Kier molecular flexibility index (Phi) is 14.2. The number of ether oxygens (including phenoxy) is 1. The summed E-state index contributed by atoms with van der Waals surface area (Å²) in [5.41, 5.74) is 5.78. The zero-order valence-electron chi connectivity index (χ0n) is 20.7. The Labute approximate surface area is 214 Å². The predicted molar refractivity (Wildman–Crippen MR) is 120 cm³/mol. The lowest BCUT2D eigenvalue weighted by molar-refractivity contribution is -0.200. The molecule has 15 nitrogen and oxygen atoms in total. The number of nitrogens with one attached hydrogen (secondary N) is 4. The summed E-state index contributed by atoms with van der Waals surface area (Å²) in [6, 6.07) is -6.46. The van der Waals surface area contributed by atoms with Crippen LogP contribution in [0.2, 0.25) is 0 Å². The van der Waals surface area contributed by atoms with Gasteiger partial charge in [0.05, 0.1) is 25.3 Å². The van der Waals surface area contributed by atoms with E-state index in [0.717, 1.165) is 0 Å². The minimum atomic E-state index is -5.41. The Bertz CT molecular complexity index is 871. The van der Waals surface area contributed by atoms with E-state index in [4.69, 9.17) is 10.8 Å². The second-order valence-corrected chi connectivity index (χ2v) is 8.15. The first-order valence-corrected chi connectivity index (χ1v) is 11.1. The fraction of sp³-hybridized carbons (Fsp3) is 0.700. The van der Waals surface area contributed by atoms with E-state index in [2.05, 4.69) is 15.4 Å². The number of aliphatic carboxylic acids is 1. The van der Waals surface area contributed by atoms with Crippen molar-refractivity contribution in [3.8, 4) is 0 Å². The first-order chi connectivity index (χ1) is 17.5. The largest absolute Gasteiger partial charge is 0.490 e.